The summed E-state index contributed by atoms with van der Waals surface area (Å²) in [4.78, 5) is 25.8. The van der Waals surface area contributed by atoms with Crippen molar-refractivity contribution in [2.45, 2.75) is 38.3 Å². The van der Waals surface area contributed by atoms with Gasteiger partial charge in [0.05, 0.1) is 6.10 Å². The van der Waals surface area contributed by atoms with Crippen LogP contribution in [-0.2, 0) is 16.1 Å². The van der Waals surface area contributed by atoms with Gasteiger partial charge in [-0.05, 0) is 55.5 Å². The lowest BCUT2D eigenvalue weighted by Gasteiger charge is -2.17. The monoisotopic (exact) mass is 352 g/mol. The molecule has 0 saturated heterocycles. The first-order chi connectivity index (χ1) is 12.6. The first-order valence-corrected chi connectivity index (χ1v) is 8.99. The molecule has 0 atom stereocenters. The molecule has 2 aromatic carbocycles. The second-order valence-electron chi connectivity index (χ2n) is 6.65. The van der Waals surface area contributed by atoms with E-state index in [0.29, 0.717) is 18.3 Å². The Kier molecular flexibility index (Phi) is 5.89. The molecule has 1 aliphatic carbocycles. The van der Waals surface area contributed by atoms with Crippen LogP contribution >= 0.6 is 0 Å². The van der Waals surface area contributed by atoms with Gasteiger partial charge in [0.15, 0.2) is 0 Å². The van der Waals surface area contributed by atoms with Gasteiger partial charge in [0.1, 0.15) is 5.75 Å². The highest BCUT2D eigenvalue weighted by atomic mass is 16.5. The van der Waals surface area contributed by atoms with Gasteiger partial charge >= 0.3 is 11.8 Å². The Bertz CT molecular complexity index is 738. The molecular formula is C21H24N2O3. The average Bonchev–Trinajstić information content (AvgIpc) is 3.16. The number of benzene rings is 2. The number of anilines is 1. The number of rotatable bonds is 5. The van der Waals surface area contributed by atoms with Crippen LogP contribution < -0.4 is 10.1 Å². The molecule has 5 nitrogen and oxygen atoms in total. The van der Waals surface area contributed by atoms with Crippen molar-refractivity contribution in [3.63, 3.8) is 0 Å². The molecule has 0 bridgehead atoms. The van der Waals surface area contributed by atoms with Gasteiger partial charge in [-0.1, -0.05) is 30.3 Å². The zero-order valence-corrected chi connectivity index (χ0v) is 15.0. The van der Waals surface area contributed by atoms with E-state index in [0.717, 1.165) is 24.2 Å². The molecule has 1 saturated carbocycles. The van der Waals surface area contributed by atoms with Crippen LogP contribution in [0.3, 0.4) is 0 Å². The predicted octanol–water partition coefficient (Wildman–Crippen LogP) is 3.61. The van der Waals surface area contributed by atoms with E-state index >= 15 is 0 Å². The van der Waals surface area contributed by atoms with E-state index in [9.17, 15) is 9.59 Å². The van der Waals surface area contributed by atoms with Crippen LogP contribution in [0.5, 0.6) is 5.75 Å². The Morgan fingerprint density at radius 2 is 1.69 bits per heavy atom. The number of carbonyl (C=O) groups is 2. The molecule has 0 spiro atoms. The van der Waals surface area contributed by atoms with Crippen molar-refractivity contribution in [2.24, 2.45) is 0 Å². The largest absolute Gasteiger partial charge is 0.490 e. The molecule has 136 valence electrons. The maximum absolute atomic E-state index is 12.2. The van der Waals surface area contributed by atoms with Crippen LogP contribution in [0.15, 0.2) is 54.6 Å². The smallest absolute Gasteiger partial charge is 0.313 e. The van der Waals surface area contributed by atoms with Gasteiger partial charge in [-0.25, -0.2) is 0 Å². The van der Waals surface area contributed by atoms with E-state index < -0.39 is 11.8 Å². The minimum atomic E-state index is -0.645. The number of amides is 2. The predicted molar refractivity (Wildman–Crippen MR) is 101 cm³/mol. The number of nitrogens with one attached hydrogen (secondary N) is 1. The highest BCUT2D eigenvalue weighted by Gasteiger charge is 2.19. The van der Waals surface area contributed by atoms with Gasteiger partial charge in [-0.2, -0.15) is 0 Å². The second-order valence-corrected chi connectivity index (χ2v) is 6.65. The summed E-state index contributed by atoms with van der Waals surface area (Å²) >= 11 is 0. The molecule has 5 heteroatoms. The number of nitrogens with zero attached hydrogens (tertiary/aromatic N) is 1. The fourth-order valence-corrected chi connectivity index (χ4v) is 3.10. The summed E-state index contributed by atoms with van der Waals surface area (Å²) in [5, 5.41) is 2.64. The molecule has 0 radical (unpaired) electrons. The molecule has 0 heterocycles. The molecule has 3 rings (SSSR count). The van der Waals surface area contributed by atoms with Crippen molar-refractivity contribution in [3.05, 3.63) is 60.2 Å². The number of hydrogen-bond acceptors (Lipinski definition) is 3. The van der Waals surface area contributed by atoms with Crippen molar-refractivity contribution in [1.29, 1.82) is 0 Å². The topological polar surface area (TPSA) is 58.6 Å². The summed E-state index contributed by atoms with van der Waals surface area (Å²) in [5.41, 5.74) is 1.56. The van der Waals surface area contributed by atoms with E-state index in [4.69, 9.17) is 4.74 Å². The number of hydrogen-bond donors (Lipinski definition) is 1. The summed E-state index contributed by atoms with van der Waals surface area (Å²) in [6, 6.07) is 16.7. The normalized spacial score (nSPS) is 14.0. The fraction of sp³-hybridized carbons (Fsp3) is 0.333. The van der Waals surface area contributed by atoms with E-state index in [1.165, 1.54) is 17.7 Å². The minimum Gasteiger partial charge on any atom is -0.490 e. The van der Waals surface area contributed by atoms with E-state index in [1.54, 1.807) is 19.2 Å². The first kappa shape index (κ1) is 18.0. The minimum absolute atomic E-state index is 0.295. The summed E-state index contributed by atoms with van der Waals surface area (Å²) in [7, 11) is 1.62. The molecule has 1 fully saturated rings. The van der Waals surface area contributed by atoms with Crippen LogP contribution in [0.1, 0.15) is 31.2 Å². The lowest BCUT2D eigenvalue weighted by Crippen LogP contribution is -2.36. The van der Waals surface area contributed by atoms with Crippen molar-refractivity contribution in [2.75, 3.05) is 12.4 Å². The number of likely N-dealkylation sites (N-methyl/N-ethyl adjacent to an activating group) is 1. The van der Waals surface area contributed by atoms with Gasteiger partial charge in [-0.15, -0.1) is 0 Å². The van der Waals surface area contributed by atoms with Gasteiger partial charge in [-0.3, -0.25) is 9.59 Å². The third kappa shape index (κ3) is 4.85. The molecule has 1 N–H and O–H groups in total. The summed E-state index contributed by atoms with van der Waals surface area (Å²) in [5.74, 6) is -0.421. The Labute approximate surface area is 154 Å². The van der Waals surface area contributed by atoms with Crippen molar-refractivity contribution >= 4 is 17.5 Å². The number of ether oxygens (including phenoxy) is 1. The standard InChI is InChI=1S/C21H24N2O3/c1-23(15-16-7-3-2-4-8-16)21(25)20(24)22-17-11-13-19(14-12-17)26-18-9-5-6-10-18/h2-4,7-8,11-14,18H,5-6,9-10,15H2,1H3,(H,22,24). The molecular weight excluding hydrogens is 328 g/mol. The molecule has 0 aliphatic heterocycles. The van der Waals surface area contributed by atoms with Gasteiger partial charge in [0, 0.05) is 19.3 Å². The Morgan fingerprint density at radius 3 is 2.35 bits per heavy atom. The van der Waals surface area contributed by atoms with E-state index in [2.05, 4.69) is 5.32 Å². The van der Waals surface area contributed by atoms with Crippen molar-refractivity contribution in [1.82, 2.24) is 4.90 Å². The van der Waals surface area contributed by atoms with Crippen molar-refractivity contribution < 1.29 is 14.3 Å². The summed E-state index contributed by atoms with van der Waals surface area (Å²) < 4.78 is 5.90. The van der Waals surface area contributed by atoms with E-state index in [-0.39, 0.29) is 0 Å². The van der Waals surface area contributed by atoms with Gasteiger partial charge < -0.3 is 15.0 Å². The second kappa shape index (κ2) is 8.52. The Morgan fingerprint density at radius 1 is 1.04 bits per heavy atom. The highest BCUT2D eigenvalue weighted by molar-refractivity contribution is 6.39. The third-order valence-electron chi connectivity index (χ3n) is 4.52. The van der Waals surface area contributed by atoms with E-state index in [1.807, 2.05) is 42.5 Å². The zero-order valence-electron chi connectivity index (χ0n) is 15.0. The number of carbonyl (C=O) groups excluding carboxylic acids is 2. The highest BCUT2D eigenvalue weighted by Crippen LogP contribution is 2.25. The lowest BCUT2D eigenvalue weighted by atomic mass is 10.2. The molecule has 1 aliphatic rings. The Balaban J connectivity index is 1.52. The molecule has 2 aromatic rings. The van der Waals surface area contributed by atoms with Crippen LogP contribution in [0.4, 0.5) is 5.69 Å². The van der Waals surface area contributed by atoms with Crippen molar-refractivity contribution in [3.8, 4) is 5.75 Å². The van der Waals surface area contributed by atoms with Crippen LogP contribution in [-0.4, -0.2) is 29.9 Å². The first-order valence-electron chi connectivity index (χ1n) is 8.99. The summed E-state index contributed by atoms with van der Waals surface area (Å²) in [6.45, 7) is 0.390. The quantitative estimate of drug-likeness (QED) is 0.837. The third-order valence-corrected chi connectivity index (χ3v) is 4.52. The van der Waals surface area contributed by atoms with Gasteiger partial charge in [0.25, 0.3) is 0 Å². The Hall–Kier alpha value is -2.82. The summed E-state index contributed by atoms with van der Waals surface area (Å²) in [6.07, 6.45) is 4.93. The van der Waals surface area contributed by atoms with Crippen LogP contribution in [0.25, 0.3) is 0 Å². The van der Waals surface area contributed by atoms with Crippen LogP contribution in [0.2, 0.25) is 0 Å². The maximum atomic E-state index is 12.2. The average molecular weight is 352 g/mol. The van der Waals surface area contributed by atoms with Gasteiger partial charge in [0.2, 0.25) is 0 Å². The maximum Gasteiger partial charge on any atom is 0.313 e. The fourth-order valence-electron chi connectivity index (χ4n) is 3.10. The SMILES string of the molecule is CN(Cc1ccccc1)C(=O)C(=O)Nc1ccc(OC2CCCC2)cc1. The zero-order chi connectivity index (χ0) is 18.4. The van der Waals surface area contributed by atoms with Crippen LogP contribution in [0, 0.1) is 0 Å². The molecule has 26 heavy (non-hydrogen) atoms. The molecule has 0 unspecified atom stereocenters. The molecule has 2 amide bonds. The molecule has 0 aromatic heterocycles. The lowest BCUT2D eigenvalue weighted by molar-refractivity contribution is -0.142.